The monoisotopic (exact) mass is 338 g/mol. The van der Waals surface area contributed by atoms with Crippen LogP contribution in [0.15, 0.2) is 89.5 Å². The second-order valence-electron chi connectivity index (χ2n) is 6.29. The van der Waals surface area contributed by atoms with Gasteiger partial charge in [0.25, 0.3) is 0 Å². The summed E-state index contributed by atoms with van der Waals surface area (Å²) < 4.78 is 30.0. The molecule has 0 aliphatic rings. The van der Waals surface area contributed by atoms with Gasteiger partial charge in [-0.05, 0) is 48.3 Å². The lowest BCUT2D eigenvalue weighted by atomic mass is 10.00. The molecule has 3 aromatic carbocycles. The summed E-state index contributed by atoms with van der Waals surface area (Å²) in [4.78, 5) is 4.59. The predicted molar refractivity (Wildman–Crippen MR) is 107 cm³/mol. The Morgan fingerprint density at radius 1 is 0.769 bits per heavy atom. The van der Waals surface area contributed by atoms with E-state index in [1.807, 2.05) is 72.8 Å². The Bertz CT molecular complexity index is 1340. The standard InChI is InChI=1S/C24H17NO/c1-16-13-22(25-15-21(16)17-7-3-2-4-8-17)18-11-12-24-20(14-18)19-9-5-6-10-23(19)26-24/h2-15H,1H3/i1D3. The van der Waals surface area contributed by atoms with Crippen molar-refractivity contribution in [3.05, 3.63) is 90.6 Å². The lowest BCUT2D eigenvalue weighted by molar-refractivity contribution is 0.669. The minimum absolute atomic E-state index is 0.297. The Labute approximate surface area is 156 Å². The van der Waals surface area contributed by atoms with Crippen LogP contribution >= 0.6 is 0 Å². The molecular formula is C24H17NO. The van der Waals surface area contributed by atoms with E-state index in [0.29, 0.717) is 16.8 Å². The summed E-state index contributed by atoms with van der Waals surface area (Å²) in [5.41, 5.74) is 4.88. The van der Waals surface area contributed by atoms with Gasteiger partial charge in [0.2, 0.25) is 0 Å². The van der Waals surface area contributed by atoms with Gasteiger partial charge in [0.15, 0.2) is 0 Å². The number of hydrogen-bond donors (Lipinski definition) is 0. The summed E-state index contributed by atoms with van der Waals surface area (Å²) in [7, 11) is 0. The summed E-state index contributed by atoms with van der Waals surface area (Å²) in [5.74, 6) is 0. The summed E-state index contributed by atoms with van der Waals surface area (Å²) in [6.45, 7) is -2.24. The van der Waals surface area contributed by atoms with Crippen molar-refractivity contribution in [2.75, 3.05) is 0 Å². The molecule has 0 saturated carbocycles. The average molecular weight is 338 g/mol. The number of benzene rings is 3. The summed E-state index contributed by atoms with van der Waals surface area (Å²) in [6, 6.07) is 24.9. The molecule has 0 bridgehead atoms. The lowest BCUT2D eigenvalue weighted by Gasteiger charge is -2.08. The molecule has 0 saturated heterocycles. The van der Waals surface area contributed by atoms with Crippen LogP contribution in [0.1, 0.15) is 9.68 Å². The molecule has 0 N–H and O–H groups in total. The quantitative estimate of drug-likeness (QED) is 0.361. The molecular weight excluding hydrogens is 318 g/mol. The van der Waals surface area contributed by atoms with Gasteiger partial charge in [-0.25, -0.2) is 0 Å². The van der Waals surface area contributed by atoms with E-state index in [1.54, 1.807) is 12.3 Å². The van der Waals surface area contributed by atoms with Crippen molar-refractivity contribution in [1.29, 1.82) is 0 Å². The molecule has 2 nitrogen and oxygen atoms in total. The molecule has 0 radical (unpaired) electrons. The van der Waals surface area contributed by atoms with Crippen LogP contribution in [-0.2, 0) is 0 Å². The molecule has 2 aromatic heterocycles. The molecule has 0 aliphatic carbocycles. The highest BCUT2D eigenvalue weighted by Gasteiger charge is 2.10. The number of aromatic nitrogens is 1. The minimum atomic E-state index is -2.24. The van der Waals surface area contributed by atoms with Gasteiger partial charge in [0, 0.05) is 32.2 Å². The molecule has 5 rings (SSSR count). The zero-order valence-corrected chi connectivity index (χ0v) is 13.9. The number of hydrogen-bond acceptors (Lipinski definition) is 2. The van der Waals surface area contributed by atoms with E-state index in [-0.39, 0.29) is 0 Å². The second-order valence-corrected chi connectivity index (χ2v) is 6.29. The van der Waals surface area contributed by atoms with Crippen molar-refractivity contribution < 1.29 is 8.53 Å². The Hall–Kier alpha value is -3.39. The van der Waals surface area contributed by atoms with Crippen LogP contribution in [-0.4, -0.2) is 4.98 Å². The molecule has 0 fully saturated rings. The summed E-state index contributed by atoms with van der Waals surface area (Å²) in [6.07, 6.45) is 1.66. The van der Waals surface area contributed by atoms with Gasteiger partial charge in [-0.2, -0.15) is 0 Å². The Morgan fingerprint density at radius 2 is 1.58 bits per heavy atom. The van der Waals surface area contributed by atoms with Crippen LogP contribution in [0.25, 0.3) is 44.3 Å². The van der Waals surface area contributed by atoms with Crippen LogP contribution in [0, 0.1) is 6.85 Å². The highest BCUT2D eigenvalue weighted by atomic mass is 16.3. The number of furan rings is 1. The molecule has 5 aromatic rings. The van der Waals surface area contributed by atoms with Crippen molar-refractivity contribution >= 4 is 21.9 Å². The Morgan fingerprint density at radius 3 is 2.46 bits per heavy atom. The van der Waals surface area contributed by atoms with E-state index >= 15 is 0 Å². The van der Waals surface area contributed by atoms with Gasteiger partial charge in [0.1, 0.15) is 11.2 Å². The molecule has 0 aliphatic heterocycles. The maximum Gasteiger partial charge on any atom is 0.135 e. The van der Waals surface area contributed by atoms with Crippen LogP contribution in [0.3, 0.4) is 0 Å². The maximum atomic E-state index is 8.03. The number of pyridine rings is 1. The molecule has 0 spiro atoms. The molecule has 26 heavy (non-hydrogen) atoms. The number of fused-ring (bicyclic) bond motifs is 3. The first-order chi connectivity index (χ1) is 14.0. The molecule has 0 atom stereocenters. The highest BCUT2D eigenvalue weighted by Crippen LogP contribution is 2.33. The smallest absolute Gasteiger partial charge is 0.135 e. The van der Waals surface area contributed by atoms with Gasteiger partial charge in [0.05, 0.1) is 5.69 Å². The van der Waals surface area contributed by atoms with E-state index < -0.39 is 6.85 Å². The van der Waals surface area contributed by atoms with Gasteiger partial charge in [-0.15, -0.1) is 0 Å². The number of nitrogens with zero attached hydrogens (tertiary/aromatic N) is 1. The van der Waals surface area contributed by atoms with E-state index in [9.17, 15) is 0 Å². The van der Waals surface area contributed by atoms with Crippen molar-refractivity contribution in [2.45, 2.75) is 6.85 Å². The number of para-hydroxylation sites is 1. The average Bonchev–Trinajstić information content (AvgIpc) is 3.11. The van der Waals surface area contributed by atoms with Crippen LogP contribution < -0.4 is 0 Å². The third kappa shape index (κ3) is 2.39. The fraction of sp³-hybridized carbons (Fsp3) is 0.0417. The normalized spacial score (nSPS) is 13.5. The van der Waals surface area contributed by atoms with E-state index in [1.165, 1.54) is 0 Å². The molecule has 0 amide bonds. The zero-order chi connectivity index (χ0) is 20.0. The fourth-order valence-corrected chi connectivity index (χ4v) is 3.35. The van der Waals surface area contributed by atoms with Gasteiger partial charge < -0.3 is 4.42 Å². The SMILES string of the molecule is [2H]C([2H])([2H])c1cc(-c2ccc3oc4ccccc4c3c2)ncc1-c1ccccc1. The highest BCUT2D eigenvalue weighted by molar-refractivity contribution is 6.06. The largest absolute Gasteiger partial charge is 0.456 e. The first kappa shape index (κ1) is 12.0. The molecule has 2 heteroatoms. The van der Waals surface area contributed by atoms with Crippen LogP contribution in [0.4, 0.5) is 0 Å². The molecule has 2 heterocycles. The van der Waals surface area contributed by atoms with Crippen molar-refractivity contribution in [2.24, 2.45) is 0 Å². The van der Waals surface area contributed by atoms with E-state index in [4.69, 9.17) is 8.53 Å². The minimum Gasteiger partial charge on any atom is -0.456 e. The van der Waals surface area contributed by atoms with Crippen molar-refractivity contribution in [3.8, 4) is 22.4 Å². The third-order valence-electron chi connectivity index (χ3n) is 4.66. The number of aryl methyl sites for hydroxylation is 1. The molecule has 0 unspecified atom stereocenters. The molecule has 124 valence electrons. The maximum absolute atomic E-state index is 8.03. The van der Waals surface area contributed by atoms with E-state index in [0.717, 1.165) is 33.1 Å². The van der Waals surface area contributed by atoms with Crippen molar-refractivity contribution in [3.63, 3.8) is 0 Å². The van der Waals surface area contributed by atoms with Gasteiger partial charge in [-0.1, -0.05) is 48.5 Å². The summed E-state index contributed by atoms with van der Waals surface area (Å²) in [5, 5.41) is 2.02. The first-order valence-electron chi connectivity index (χ1n) is 9.98. The Kier molecular flexibility index (Phi) is 2.71. The first-order valence-corrected chi connectivity index (χ1v) is 8.48. The van der Waals surface area contributed by atoms with Gasteiger partial charge in [-0.3, -0.25) is 4.98 Å². The topological polar surface area (TPSA) is 26.0 Å². The van der Waals surface area contributed by atoms with Crippen LogP contribution in [0.2, 0.25) is 0 Å². The number of rotatable bonds is 2. The van der Waals surface area contributed by atoms with Gasteiger partial charge >= 0.3 is 0 Å². The lowest BCUT2D eigenvalue weighted by Crippen LogP contribution is -1.89. The fourth-order valence-electron chi connectivity index (χ4n) is 3.35. The van der Waals surface area contributed by atoms with Crippen LogP contribution in [0.5, 0.6) is 0 Å². The second kappa shape index (κ2) is 5.85. The van der Waals surface area contributed by atoms with Crippen molar-refractivity contribution in [1.82, 2.24) is 4.98 Å². The predicted octanol–water partition coefficient (Wildman–Crippen LogP) is 6.62. The summed E-state index contributed by atoms with van der Waals surface area (Å²) >= 11 is 0. The zero-order valence-electron chi connectivity index (χ0n) is 16.9. The Balaban J connectivity index is 1.69. The third-order valence-corrected chi connectivity index (χ3v) is 4.66. The van der Waals surface area contributed by atoms with E-state index in [2.05, 4.69) is 4.98 Å².